The number of fused-ring (bicyclic) bond motifs is 3. The Kier molecular flexibility index (Phi) is 4.62. The van der Waals surface area contributed by atoms with Gasteiger partial charge in [0.05, 0.1) is 19.3 Å². The van der Waals surface area contributed by atoms with E-state index in [4.69, 9.17) is 9.47 Å². The maximum absolute atomic E-state index is 6.05. The first-order chi connectivity index (χ1) is 12.7. The van der Waals surface area contributed by atoms with Crippen LogP contribution in [0.25, 0.3) is 0 Å². The van der Waals surface area contributed by atoms with E-state index < -0.39 is 0 Å². The fourth-order valence-corrected chi connectivity index (χ4v) is 4.10. The third-order valence-corrected chi connectivity index (χ3v) is 5.72. The molecule has 1 heterocycles. The molecule has 0 radical (unpaired) electrons. The summed E-state index contributed by atoms with van der Waals surface area (Å²) in [7, 11) is 1.71. The molecular formula is C23H27NO2. The van der Waals surface area contributed by atoms with Gasteiger partial charge in [0.15, 0.2) is 0 Å². The van der Waals surface area contributed by atoms with E-state index in [0.717, 1.165) is 24.3 Å². The summed E-state index contributed by atoms with van der Waals surface area (Å²) >= 11 is 0. The van der Waals surface area contributed by atoms with E-state index in [1.165, 1.54) is 16.8 Å². The predicted octanol–water partition coefficient (Wildman–Crippen LogP) is 5.70. The number of nitrogens with one attached hydrogen (secondary N) is 1. The van der Waals surface area contributed by atoms with Crippen molar-refractivity contribution in [2.45, 2.75) is 44.8 Å². The first-order valence-electron chi connectivity index (χ1n) is 9.57. The van der Waals surface area contributed by atoms with E-state index in [2.05, 4.69) is 61.6 Å². The number of hydrogen-bond donors (Lipinski definition) is 1. The summed E-state index contributed by atoms with van der Waals surface area (Å²) in [5.74, 6) is 2.85. The van der Waals surface area contributed by atoms with Crippen LogP contribution in [0.5, 0.6) is 11.5 Å². The van der Waals surface area contributed by atoms with Crippen LogP contribution in [-0.4, -0.2) is 13.2 Å². The molecule has 4 atom stereocenters. The van der Waals surface area contributed by atoms with Gasteiger partial charge in [-0.3, -0.25) is 0 Å². The van der Waals surface area contributed by atoms with Gasteiger partial charge in [0.1, 0.15) is 11.5 Å². The van der Waals surface area contributed by atoms with Crippen molar-refractivity contribution in [3.05, 3.63) is 65.7 Å². The van der Waals surface area contributed by atoms with Gasteiger partial charge in [-0.2, -0.15) is 0 Å². The van der Waals surface area contributed by atoms with E-state index in [9.17, 15) is 0 Å². The molecule has 1 aliphatic carbocycles. The maximum atomic E-state index is 6.05. The zero-order valence-electron chi connectivity index (χ0n) is 15.7. The van der Waals surface area contributed by atoms with Gasteiger partial charge in [-0.25, -0.2) is 0 Å². The van der Waals surface area contributed by atoms with Gasteiger partial charge in [-0.05, 0) is 67.1 Å². The van der Waals surface area contributed by atoms with E-state index in [1.807, 2.05) is 12.1 Å². The van der Waals surface area contributed by atoms with E-state index in [0.29, 0.717) is 17.9 Å². The highest BCUT2D eigenvalue weighted by Gasteiger charge is 2.38. The quantitative estimate of drug-likeness (QED) is 0.703. The average Bonchev–Trinajstić information content (AvgIpc) is 3.17. The molecule has 0 spiro atoms. The Morgan fingerprint density at radius 1 is 1.12 bits per heavy atom. The summed E-state index contributed by atoms with van der Waals surface area (Å²) < 4.78 is 11.4. The Morgan fingerprint density at radius 3 is 2.62 bits per heavy atom. The summed E-state index contributed by atoms with van der Waals surface area (Å²) in [4.78, 5) is 0. The molecule has 0 bridgehead atoms. The summed E-state index contributed by atoms with van der Waals surface area (Å²) in [6, 6.07) is 15.3. The van der Waals surface area contributed by atoms with Crippen molar-refractivity contribution < 1.29 is 9.47 Å². The standard InChI is InChI=1S/C23H27NO2/c1-4-15(2)26-18-12-13-22-21(14-18)19-6-5-7-20(19)23(24-22)16-8-10-17(25-3)11-9-16/h5-6,8-15,19-20,23-24H,4,7H2,1-3H3. The molecule has 0 saturated carbocycles. The Hall–Kier alpha value is -2.42. The van der Waals surface area contributed by atoms with Crippen LogP contribution in [0, 0.1) is 5.92 Å². The number of methoxy groups -OCH3 is 1. The lowest BCUT2D eigenvalue weighted by atomic mass is 9.77. The minimum Gasteiger partial charge on any atom is -0.497 e. The van der Waals surface area contributed by atoms with Gasteiger partial charge < -0.3 is 14.8 Å². The zero-order chi connectivity index (χ0) is 18.1. The number of allylic oxidation sites excluding steroid dienone is 2. The van der Waals surface area contributed by atoms with Crippen LogP contribution in [0.4, 0.5) is 5.69 Å². The van der Waals surface area contributed by atoms with Gasteiger partial charge in [-0.1, -0.05) is 31.2 Å². The van der Waals surface area contributed by atoms with Crippen molar-refractivity contribution in [2.75, 3.05) is 12.4 Å². The third-order valence-electron chi connectivity index (χ3n) is 5.72. The van der Waals surface area contributed by atoms with Gasteiger partial charge in [0, 0.05) is 11.6 Å². The lowest BCUT2D eigenvalue weighted by Gasteiger charge is -2.37. The van der Waals surface area contributed by atoms with Crippen LogP contribution in [0.3, 0.4) is 0 Å². The van der Waals surface area contributed by atoms with Crippen molar-refractivity contribution in [2.24, 2.45) is 5.92 Å². The molecular weight excluding hydrogens is 322 g/mol. The van der Waals surface area contributed by atoms with Crippen LogP contribution in [-0.2, 0) is 0 Å². The molecule has 0 amide bonds. The zero-order valence-corrected chi connectivity index (χ0v) is 15.7. The lowest BCUT2D eigenvalue weighted by Crippen LogP contribution is -2.29. The average molecular weight is 349 g/mol. The van der Waals surface area contributed by atoms with Gasteiger partial charge in [0.2, 0.25) is 0 Å². The first-order valence-corrected chi connectivity index (χ1v) is 9.57. The van der Waals surface area contributed by atoms with Crippen LogP contribution in [0.15, 0.2) is 54.6 Å². The Balaban J connectivity index is 1.65. The fraction of sp³-hybridized carbons (Fsp3) is 0.391. The fourth-order valence-electron chi connectivity index (χ4n) is 4.10. The number of ether oxygens (including phenoxy) is 2. The Morgan fingerprint density at radius 2 is 1.88 bits per heavy atom. The van der Waals surface area contributed by atoms with Crippen molar-refractivity contribution in [3.63, 3.8) is 0 Å². The molecule has 26 heavy (non-hydrogen) atoms. The van der Waals surface area contributed by atoms with Gasteiger partial charge >= 0.3 is 0 Å². The monoisotopic (exact) mass is 349 g/mol. The van der Waals surface area contributed by atoms with Crippen LogP contribution in [0.1, 0.15) is 49.8 Å². The molecule has 4 unspecified atom stereocenters. The first kappa shape index (κ1) is 17.0. The highest BCUT2D eigenvalue weighted by molar-refractivity contribution is 5.61. The van der Waals surface area contributed by atoms with Crippen LogP contribution in [0.2, 0.25) is 0 Å². The van der Waals surface area contributed by atoms with Crippen molar-refractivity contribution in [3.8, 4) is 11.5 Å². The van der Waals surface area contributed by atoms with Crippen molar-refractivity contribution in [1.82, 2.24) is 0 Å². The van der Waals surface area contributed by atoms with Crippen LogP contribution < -0.4 is 14.8 Å². The molecule has 0 fully saturated rings. The Bertz CT molecular complexity index is 796. The number of anilines is 1. The molecule has 136 valence electrons. The van der Waals surface area contributed by atoms with Crippen molar-refractivity contribution in [1.29, 1.82) is 0 Å². The largest absolute Gasteiger partial charge is 0.497 e. The minimum absolute atomic E-state index is 0.242. The molecule has 0 saturated heterocycles. The van der Waals surface area contributed by atoms with E-state index >= 15 is 0 Å². The molecule has 2 aromatic carbocycles. The maximum Gasteiger partial charge on any atom is 0.120 e. The third kappa shape index (κ3) is 3.07. The van der Waals surface area contributed by atoms with E-state index in [-0.39, 0.29) is 6.10 Å². The number of rotatable bonds is 5. The topological polar surface area (TPSA) is 30.5 Å². The van der Waals surface area contributed by atoms with Gasteiger partial charge in [-0.15, -0.1) is 0 Å². The molecule has 2 aromatic rings. The van der Waals surface area contributed by atoms with Crippen LogP contribution >= 0.6 is 0 Å². The molecule has 3 nitrogen and oxygen atoms in total. The minimum atomic E-state index is 0.242. The SMILES string of the molecule is CCC(C)Oc1ccc2c(c1)C1C=CCC1C(c1ccc(OC)cc1)N2. The van der Waals surface area contributed by atoms with Gasteiger partial charge in [0.25, 0.3) is 0 Å². The summed E-state index contributed by atoms with van der Waals surface area (Å²) in [6.45, 7) is 4.27. The highest BCUT2D eigenvalue weighted by atomic mass is 16.5. The normalized spacial score (nSPS) is 24.3. The molecule has 1 aliphatic heterocycles. The summed E-state index contributed by atoms with van der Waals surface area (Å²) in [6.07, 6.45) is 7.05. The summed E-state index contributed by atoms with van der Waals surface area (Å²) in [5, 5.41) is 3.78. The second kappa shape index (κ2) is 7.06. The molecule has 1 N–H and O–H groups in total. The molecule has 4 rings (SSSR count). The summed E-state index contributed by atoms with van der Waals surface area (Å²) in [5.41, 5.74) is 3.89. The second-order valence-corrected chi connectivity index (χ2v) is 7.33. The number of hydrogen-bond acceptors (Lipinski definition) is 3. The Labute approximate surface area is 156 Å². The smallest absolute Gasteiger partial charge is 0.120 e. The second-order valence-electron chi connectivity index (χ2n) is 7.33. The lowest BCUT2D eigenvalue weighted by molar-refractivity contribution is 0.217. The van der Waals surface area contributed by atoms with Crippen molar-refractivity contribution >= 4 is 5.69 Å². The molecule has 2 aliphatic rings. The molecule has 3 heteroatoms. The van der Waals surface area contributed by atoms with E-state index in [1.54, 1.807) is 7.11 Å². The molecule has 0 aromatic heterocycles. The number of benzene rings is 2. The predicted molar refractivity (Wildman–Crippen MR) is 106 cm³/mol. The highest BCUT2D eigenvalue weighted by Crippen LogP contribution is 2.50.